The van der Waals surface area contributed by atoms with Gasteiger partial charge in [-0.2, -0.15) is 0 Å². The van der Waals surface area contributed by atoms with E-state index in [9.17, 15) is 28.7 Å². The number of carbonyl (C=O) groups excluding carboxylic acids is 1. The van der Waals surface area contributed by atoms with Gasteiger partial charge in [0.15, 0.2) is 0 Å². The molecule has 0 aliphatic carbocycles. The molecule has 1 aromatic heterocycles. The zero-order chi connectivity index (χ0) is 22.6. The second-order valence-corrected chi connectivity index (χ2v) is 8.39. The topological polar surface area (TPSA) is 156 Å². The number of amides is 1. The van der Waals surface area contributed by atoms with E-state index in [4.69, 9.17) is 4.74 Å². The number of hydrogen-bond acceptors (Lipinski definition) is 7. The van der Waals surface area contributed by atoms with E-state index in [0.29, 0.717) is 6.42 Å². The van der Waals surface area contributed by atoms with Gasteiger partial charge in [0, 0.05) is 12.6 Å². The number of nitrogens with one attached hydrogen (secondary N) is 2. The quantitative estimate of drug-likeness (QED) is 0.129. The van der Waals surface area contributed by atoms with E-state index in [2.05, 4.69) is 29.1 Å². The van der Waals surface area contributed by atoms with Crippen LogP contribution in [0.4, 0.5) is 0 Å². The van der Waals surface area contributed by atoms with E-state index in [-0.39, 0.29) is 83.7 Å². The Labute approximate surface area is 232 Å². The van der Waals surface area contributed by atoms with Crippen LogP contribution in [-0.2, 0) is 20.6 Å². The van der Waals surface area contributed by atoms with E-state index < -0.39 is 31.3 Å². The van der Waals surface area contributed by atoms with Crippen molar-refractivity contribution in [3.05, 3.63) is 32.6 Å². The van der Waals surface area contributed by atoms with Crippen molar-refractivity contribution in [2.45, 2.75) is 65.0 Å². The number of unbranched alkanes of at least 4 members (excludes halogenated alkanes) is 4. The summed E-state index contributed by atoms with van der Waals surface area (Å²) in [4.78, 5) is 58.9. The van der Waals surface area contributed by atoms with Crippen LogP contribution in [0.5, 0.6) is 0 Å². The van der Waals surface area contributed by atoms with Crippen LogP contribution in [0.25, 0.3) is 0 Å². The summed E-state index contributed by atoms with van der Waals surface area (Å²) in [6.45, 7) is 3.59. The summed E-state index contributed by atoms with van der Waals surface area (Å²) >= 11 is 0. The van der Waals surface area contributed by atoms with Gasteiger partial charge in [-0.1, -0.05) is 44.4 Å². The Morgan fingerprint density at radius 2 is 1.91 bits per heavy atom. The average Bonchev–Trinajstić information content (AvgIpc) is 2.66. The van der Waals surface area contributed by atoms with Gasteiger partial charge in [0.05, 0.1) is 25.5 Å². The Kier molecular flexibility index (Phi) is 19.3. The number of carbonyl (C=O) groups is 1. The van der Waals surface area contributed by atoms with Crippen LogP contribution in [0.3, 0.4) is 0 Å². The molecule has 1 atom stereocenters. The predicted octanol–water partition coefficient (Wildman–Crippen LogP) is -6.35. The van der Waals surface area contributed by atoms with Gasteiger partial charge in [0.25, 0.3) is 5.56 Å². The molecule has 0 fully saturated rings. The van der Waals surface area contributed by atoms with E-state index in [1.165, 1.54) is 13.1 Å². The molecule has 168 valence electrons. The molecule has 1 amide bonds. The Hall–Kier alpha value is -0.180. The molecule has 0 radical (unpaired) electrons. The molecule has 0 aromatic carbocycles. The molecule has 10 nitrogen and oxygen atoms in total. The fourth-order valence-electron chi connectivity index (χ4n) is 2.54. The summed E-state index contributed by atoms with van der Waals surface area (Å²) in [7, 11) is -4.82. The number of H-pyrrole nitrogens is 1. The Balaban J connectivity index is 0. The van der Waals surface area contributed by atoms with Gasteiger partial charge in [-0.15, -0.1) is 0 Å². The van der Waals surface area contributed by atoms with Crippen molar-refractivity contribution in [1.82, 2.24) is 14.9 Å². The molecule has 0 aliphatic heterocycles. The first kappa shape index (κ1) is 34.0. The van der Waals surface area contributed by atoms with Crippen molar-refractivity contribution >= 4 is 13.5 Å². The van der Waals surface area contributed by atoms with Gasteiger partial charge in [0.2, 0.25) is 5.91 Å². The van der Waals surface area contributed by atoms with Crippen LogP contribution in [0.15, 0.2) is 15.8 Å². The minimum atomic E-state index is -4.82. The summed E-state index contributed by atoms with van der Waals surface area (Å²) in [6, 6.07) is 0. The number of hydrogen-bond donors (Lipinski definition) is 2. The molecule has 1 heterocycles. The third-order valence-corrected chi connectivity index (χ3v) is 4.55. The van der Waals surface area contributed by atoms with Crippen LogP contribution in [0.2, 0.25) is 0 Å². The van der Waals surface area contributed by atoms with Crippen molar-refractivity contribution < 1.29 is 83.0 Å². The van der Waals surface area contributed by atoms with Gasteiger partial charge in [-0.3, -0.25) is 19.1 Å². The second kappa shape index (κ2) is 18.2. The first-order chi connectivity index (χ1) is 14.1. The molecule has 0 spiro atoms. The minimum absolute atomic E-state index is 0. The smallest absolute Gasteiger partial charge is 0.809 e. The second-order valence-electron chi connectivity index (χ2n) is 6.91. The zero-order valence-corrected chi connectivity index (χ0v) is 24.2. The minimum Gasteiger partial charge on any atom is -0.809 e. The predicted molar refractivity (Wildman–Crippen MR) is 108 cm³/mol. The molecule has 0 unspecified atom stereocenters. The van der Waals surface area contributed by atoms with Gasteiger partial charge in [-0.25, -0.2) is 4.79 Å². The Bertz CT molecular complexity index is 918. The Morgan fingerprint density at radius 3 is 2.53 bits per heavy atom. The van der Waals surface area contributed by atoms with Gasteiger partial charge in [-0.05, 0) is 20.9 Å². The summed E-state index contributed by atoms with van der Waals surface area (Å²) in [6.07, 6.45) is 5.13. The van der Waals surface area contributed by atoms with Gasteiger partial charge >= 0.3 is 64.8 Å². The van der Waals surface area contributed by atoms with Crippen molar-refractivity contribution in [1.29, 1.82) is 0 Å². The normalized spacial score (nSPS) is 11.4. The largest absolute Gasteiger partial charge is 1.00 e. The molecule has 0 bridgehead atoms. The molecule has 1 rings (SSSR count). The van der Waals surface area contributed by atoms with E-state index in [1.54, 1.807) is 0 Å². The van der Waals surface area contributed by atoms with Crippen molar-refractivity contribution in [3.8, 4) is 11.8 Å². The van der Waals surface area contributed by atoms with Crippen LogP contribution in [0, 0.1) is 11.8 Å². The van der Waals surface area contributed by atoms with E-state index in [0.717, 1.165) is 36.7 Å². The zero-order valence-electron chi connectivity index (χ0n) is 19.3. The van der Waals surface area contributed by atoms with Gasteiger partial charge in [0.1, 0.15) is 5.56 Å². The molecule has 32 heavy (non-hydrogen) atoms. The molecule has 2 N–H and O–H groups in total. The summed E-state index contributed by atoms with van der Waals surface area (Å²) in [5.74, 6) is 5.15. The third kappa shape index (κ3) is 15.6. The fraction of sp³-hybridized carbons (Fsp3) is 0.632. The average molecular weight is 487 g/mol. The van der Waals surface area contributed by atoms with Crippen molar-refractivity contribution in [2.75, 3.05) is 12.9 Å². The number of nitrogens with zero attached hydrogens (tertiary/aromatic N) is 1. The standard InChI is InChI=1S/C19H30N3O7P.2Na/c1-3-4-5-6-7-10-17(23)20-11-8-9-16-13-22(19(25)21-18(16)24)12-15(2)29-14-30(26,27)28;;/h13,15H,3-7,10-12,14H2,1-2H3,(H,20,23)(H,21,24,25)(H2,26,27,28);;/q;2*+1/p-2/t15-;;/m1../s1. The maximum Gasteiger partial charge on any atom is 1.00 e. The van der Waals surface area contributed by atoms with Crippen molar-refractivity contribution in [2.24, 2.45) is 0 Å². The van der Waals surface area contributed by atoms with E-state index in [1.807, 2.05) is 0 Å². The Morgan fingerprint density at radius 1 is 1.25 bits per heavy atom. The summed E-state index contributed by atoms with van der Waals surface area (Å²) in [5.41, 5.74) is -1.39. The van der Waals surface area contributed by atoms with Crippen LogP contribution < -0.4 is 85.5 Å². The van der Waals surface area contributed by atoms with Crippen LogP contribution in [-0.4, -0.2) is 34.5 Å². The molecule has 13 heteroatoms. The molecular formula is C19H28N3Na2O7P. The fourth-order valence-corrected chi connectivity index (χ4v) is 2.98. The van der Waals surface area contributed by atoms with E-state index >= 15 is 0 Å². The monoisotopic (exact) mass is 487 g/mol. The summed E-state index contributed by atoms with van der Waals surface area (Å²) in [5, 5.41) is 2.65. The van der Waals surface area contributed by atoms with Crippen molar-refractivity contribution in [3.63, 3.8) is 0 Å². The van der Waals surface area contributed by atoms with Crippen LogP contribution >= 0.6 is 7.60 Å². The third-order valence-electron chi connectivity index (χ3n) is 4.09. The first-order valence-corrected chi connectivity index (χ1v) is 11.6. The number of aromatic nitrogens is 2. The SMILES string of the molecule is CCCCCCCC(=O)NCC#Cc1cn(C[C@@H](C)OCP(=O)([O-])[O-])c(=O)[nH]c1=O.[Na+].[Na+]. The molecule has 0 aliphatic rings. The number of rotatable bonds is 12. The summed E-state index contributed by atoms with van der Waals surface area (Å²) < 4.78 is 16.6. The molecule has 0 saturated carbocycles. The van der Waals surface area contributed by atoms with Gasteiger partial charge < -0.3 is 24.4 Å². The number of aromatic amines is 1. The maximum atomic E-state index is 11.9. The van der Waals surface area contributed by atoms with Crippen LogP contribution in [0.1, 0.15) is 57.9 Å². The maximum absolute atomic E-state index is 11.9. The molecular weight excluding hydrogens is 459 g/mol. The molecule has 1 aromatic rings. The molecule has 0 saturated heterocycles. The number of ether oxygens (including phenoxy) is 1. The first-order valence-electron chi connectivity index (χ1n) is 9.84.